The Bertz CT molecular complexity index is 448. The molecule has 3 N–H and O–H groups in total. The summed E-state index contributed by atoms with van der Waals surface area (Å²) in [4.78, 5) is 14.8. The second-order valence-electron chi connectivity index (χ2n) is 3.64. The molecule has 0 radical (unpaired) electrons. The lowest BCUT2D eigenvalue weighted by Gasteiger charge is -2.14. The Kier molecular flexibility index (Phi) is 2.88. The Hall–Kier alpha value is -1.47. The fourth-order valence-corrected chi connectivity index (χ4v) is 1.69. The van der Waals surface area contributed by atoms with E-state index in [2.05, 4.69) is 4.98 Å². The summed E-state index contributed by atoms with van der Waals surface area (Å²) in [5.41, 5.74) is 4.51. The highest BCUT2D eigenvalue weighted by molar-refractivity contribution is 5.26. The highest BCUT2D eigenvalue weighted by atomic mass is 19.1. The molecule has 1 fully saturated rings. The van der Waals surface area contributed by atoms with Crippen molar-refractivity contribution in [2.45, 2.75) is 25.2 Å². The van der Waals surface area contributed by atoms with Gasteiger partial charge in [-0.15, -0.1) is 0 Å². The van der Waals surface area contributed by atoms with E-state index in [9.17, 15) is 9.18 Å². The fraction of sp³-hybridized carbons (Fsp3) is 0.556. The zero-order valence-corrected chi connectivity index (χ0v) is 8.47. The van der Waals surface area contributed by atoms with Gasteiger partial charge in [0.15, 0.2) is 11.6 Å². The lowest BCUT2D eigenvalue weighted by molar-refractivity contribution is -0.0249. The summed E-state index contributed by atoms with van der Waals surface area (Å²) in [6.45, 7) is -0.115. The molecular weight excluding hydrogens is 217 g/mol. The van der Waals surface area contributed by atoms with Crippen LogP contribution in [0.3, 0.4) is 0 Å². The topological polar surface area (TPSA) is 90.4 Å². The van der Waals surface area contributed by atoms with E-state index >= 15 is 0 Å². The molecule has 2 heterocycles. The Labute approximate surface area is 90.5 Å². The van der Waals surface area contributed by atoms with Crippen molar-refractivity contribution < 1.29 is 14.2 Å². The minimum absolute atomic E-state index is 0.115. The van der Waals surface area contributed by atoms with Crippen molar-refractivity contribution in [3.8, 4) is 0 Å². The van der Waals surface area contributed by atoms with Gasteiger partial charge in [-0.2, -0.15) is 4.98 Å². The first-order chi connectivity index (χ1) is 7.61. The molecule has 88 valence electrons. The molecule has 0 bridgehead atoms. The molecule has 2 atom stereocenters. The van der Waals surface area contributed by atoms with Gasteiger partial charge in [0.2, 0.25) is 0 Å². The predicted molar refractivity (Wildman–Crippen MR) is 53.1 cm³/mol. The number of anilines is 1. The average Bonchev–Trinajstić information content (AvgIpc) is 2.71. The minimum atomic E-state index is -0.754. The number of aliphatic hydroxyl groups is 1. The second-order valence-corrected chi connectivity index (χ2v) is 3.64. The normalized spacial score (nSPS) is 24.9. The zero-order chi connectivity index (χ0) is 11.7. The fourth-order valence-electron chi connectivity index (χ4n) is 1.69. The molecule has 1 aromatic heterocycles. The highest BCUT2D eigenvalue weighted by Crippen LogP contribution is 2.26. The van der Waals surface area contributed by atoms with Gasteiger partial charge in [-0.1, -0.05) is 0 Å². The van der Waals surface area contributed by atoms with Crippen LogP contribution >= 0.6 is 0 Å². The van der Waals surface area contributed by atoms with Crippen molar-refractivity contribution in [1.29, 1.82) is 0 Å². The van der Waals surface area contributed by atoms with E-state index in [1.54, 1.807) is 0 Å². The van der Waals surface area contributed by atoms with E-state index in [4.69, 9.17) is 15.6 Å². The number of aliphatic hydroxyl groups excluding tert-OH is 1. The summed E-state index contributed by atoms with van der Waals surface area (Å²) in [6.07, 6.45) is 1.26. The first kappa shape index (κ1) is 11.0. The van der Waals surface area contributed by atoms with Gasteiger partial charge in [0.1, 0.15) is 6.23 Å². The molecule has 0 saturated carbocycles. The molecule has 7 heteroatoms. The average molecular weight is 229 g/mol. The summed E-state index contributed by atoms with van der Waals surface area (Å²) in [5, 5.41) is 8.88. The van der Waals surface area contributed by atoms with Crippen LogP contribution in [0.4, 0.5) is 10.2 Å². The van der Waals surface area contributed by atoms with Gasteiger partial charge in [0.05, 0.1) is 18.9 Å². The third-order valence-corrected chi connectivity index (χ3v) is 2.53. The van der Waals surface area contributed by atoms with Crippen LogP contribution < -0.4 is 11.4 Å². The van der Waals surface area contributed by atoms with Crippen LogP contribution in [0.1, 0.15) is 19.1 Å². The maximum Gasteiger partial charge on any atom is 0.351 e. The minimum Gasteiger partial charge on any atom is -0.394 e. The number of aromatic nitrogens is 2. The van der Waals surface area contributed by atoms with Crippen molar-refractivity contribution >= 4 is 5.82 Å². The van der Waals surface area contributed by atoms with Gasteiger partial charge in [-0.3, -0.25) is 4.57 Å². The SMILES string of the molecule is Nc1nc(=O)n(C2CCC(CO)O2)cc1F. The number of rotatable bonds is 2. The Morgan fingerprint density at radius 1 is 1.69 bits per heavy atom. The molecule has 0 spiro atoms. The summed E-state index contributed by atoms with van der Waals surface area (Å²) in [7, 11) is 0. The van der Waals surface area contributed by atoms with E-state index < -0.39 is 23.6 Å². The van der Waals surface area contributed by atoms with Gasteiger partial charge in [-0.05, 0) is 12.8 Å². The predicted octanol–water partition coefficient (Wildman–Crippen LogP) is -0.366. The van der Waals surface area contributed by atoms with Crippen molar-refractivity contribution in [3.05, 3.63) is 22.5 Å². The molecule has 1 saturated heterocycles. The van der Waals surface area contributed by atoms with Crippen LogP contribution in [-0.4, -0.2) is 27.4 Å². The summed E-state index contributed by atoms with van der Waals surface area (Å²) < 4.78 is 19.5. The van der Waals surface area contributed by atoms with E-state index in [0.29, 0.717) is 12.8 Å². The molecule has 16 heavy (non-hydrogen) atoms. The maximum atomic E-state index is 13.1. The number of hydrogen-bond donors (Lipinski definition) is 2. The first-order valence-corrected chi connectivity index (χ1v) is 4.92. The lowest BCUT2D eigenvalue weighted by Crippen LogP contribution is -2.28. The van der Waals surface area contributed by atoms with Crippen molar-refractivity contribution in [3.63, 3.8) is 0 Å². The smallest absolute Gasteiger partial charge is 0.351 e. The van der Waals surface area contributed by atoms with Gasteiger partial charge >= 0.3 is 5.69 Å². The van der Waals surface area contributed by atoms with Crippen LogP contribution in [0.2, 0.25) is 0 Å². The van der Waals surface area contributed by atoms with Gasteiger partial charge in [0, 0.05) is 0 Å². The third-order valence-electron chi connectivity index (χ3n) is 2.53. The summed E-state index contributed by atoms with van der Waals surface area (Å²) in [5.74, 6) is -1.17. The van der Waals surface area contributed by atoms with Crippen LogP contribution in [-0.2, 0) is 4.74 Å². The van der Waals surface area contributed by atoms with Gasteiger partial charge < -0.3 is 15.6 Å². The van der Waals surface area contributed by atoms with Crippen molar-refractivity contribution in [2.75, 3.05) is 12.3 Å². The second kappa shape index (κ2) is 4.18. The number of halogens is 1. The largest absolute Gasteiger partial charge is 0.394 e. The number of ether oxygens (including phenoxy) is 1. The quantitative estimate of drug-likeness (QED) is 0.722. The van der Waals surface area contributed by atoms with Gasteiger partial charge in [0.25, 0.3) is 0 Å². The molecule has 2 unspecified atom stereocenters. The number of nitrogens with zero attached hydrogens (tertiary/aromatic N) is 2. The Balaban J connectivity index is 2.28. The third kappa shape index (κ3) is 1.91. The monoisotopic (exact) mass is 229 g/mol. The van der Waals surface area contributed by atoms with E-state index in [-0.39, 0.29) is 12.7 Å². The Morgan fingerprint density at radius 3 is 3.06 bits per heavy atom. The molecular formula is C9H12FN3O3. The van der Waals surface area contributed by atoms with Gasteiger partial charge in [-0.25, -0.2) is 9.18 Å². The van der Waals surface area contributed by atoms with Crippen molar-refractivity contribution in [1.82, 2.24) is 9.55 Å². The van der Waals surface area contributed by atoms with Crippen LogP contribution in [0, 0.1) is 5.82 Å². The molecule has 1 aliphatic rings. The van der Waals surface area contributed by atoms with Crippen LogP contribution in [0.5, 0.6) is 0 Å². The molecule has 6 nitrogen and oxygen atoms in total. The molecule has 1 aromatic rings. The molecule has 1 aliphatic heterocycles. The Morgan fingerprint density at radius 2 is 2.44 bits per heavy atom. The maximum absolute atomic E-state index is 13.1. The summed E-state index contributed by atoms with van der Waals surface area (Å²) >= 11 is 0. The standard InChI is InChI=1S/C9H12FN3O3/c10-6-3-13(9(15)12-8(6)11)7-2-1-5(4-14)16-7/h3,5,7,14H,1-2,4H2,(H2,11,12,15). The molecule has 0 aliphatic carbocycles. The summed E-state index contributed by atoms with van der Waals surface area (Å²) in [6, 6.07) is 0. The lowest BCUT2D eigenvalue weighted by atomic mass is 10.2. The highest BCUT2D eigenvalue weighted by Gasteiger charge is 2.27. The zero-order valence-electron chi connectivity index (χ0n) is 8.47. The van der Waals surface area contributed by atoms with Crippen molar-refractivity contribution in [2.24, 2.45) is 0 Å². The van der Waals surface area contributed by atoms with Crippen LogP contribution in [0.15, 0.2) is 11.0 Å². The number of hydrogen-bond acceptors (Lipinski definition) is 5. The first-order valence-electron chi connectivity index (χ1n) is 4.92. The van der Waals surface area contributed by atoms with E-state index in [1.165, 1.54) is 0 Å². The molecule has 0 amide bonds. The molecule has 0 aromatic carbocycles. The van der Waals surface area contributed by atoms with E-state index in [0.717, 1.165) is 10.8 Å². The van der Waals surface area contributed by atoms with E-state index in [1.807, 2.05) is 0 Å². The molecule has 2 rings (SSSR count). The number of nitrogen functional groups attached to an aromatic ring is 1. The number of nitrogens with two attached hydrogens (primary N) is 1. The van der Waals surface area contributed by atoms with Crippen LogP contribution in [0.25, 0.3) is 0 Å².